The van der Waals surface area contributed by atoms with E-state index in [0.29, 0.717) is 5.75 Å². The van der Waals surface area contributed by atoms with Crippen molar-refractivity contribution in [3.63, 3.8) is 0 Å². The van der Waals surface area contributed by atoms with Gasteiger partial charge in [-0.1, -0.05) is 6.07 Å². The lowest BCUT2D eigenvalue weighted by Gasteiger charge is -2.22. The van der Waals surface area contributed by atoms with Crippen molar-refractivity contribution in [3.05, 3.63) is 29.6 Å². The van der Waals surface area contributed by atoms with Crippen LogP contribution in [-0.4, -0.2) is 24.4 Å². The second kappa shape index (κ2) is 5.67. The highest BCUT2D eigenvalue weighted by atomic mass is 19.1. The molecule has 1 aliphatic rings. The van der Waals surface area contributed by atoms with Gasteiger partial charge < -0.3 is 15.2 Å². The lowest BCUT2D eigenvalue weighted by atomic mass is 10.1. The third-order valence-electron chi connectivity index (χ3n) is 3.57. The fraction of sp³-hybridized carbons (Fsp3) is 0.571. The summed E-state index contributed by atoms with van der Waals surface area (Å²) in [5.74, 6) is 0.215. The Kier molecular flexibility index (Phi) is 4.19. The summed E-state index contributed by atoms with van der Waals surface area (Å²) in [5, 5.41) is 12.9. The molecule has 0 aliphatic heterocycles. The van der Waals surface area contributed by atoms with E-state index < -0.39 is 6.10 Å². The Bertz CT molecular complexity index is 411. The molecule has 2 rings (SSSR count). The lowest BCUT2D eigenvalue weighted by Crippen LogP contribution is -2.26. The molecule has 1 aromatic rings. The van der Waals surface area contributed by atoms with E-state index in [1.165, 1.54) is 12.1 Å². The second-order valence-electron chi connectivity index (χ2n) is 4.85. The molecule has 100 valence electrons. The summed E-state index contributed by atoms with van der Waals surface area (Å²) in [6.07, 6.45) is 1.89. The number of hydrogen-bond acceptors (Lipinski definition) is 3. The number of aliphatic hydroxyl groups excluding tert-OH is 1. The molecule has 0 bridgehead atoms. The zero-order chi connectivity index (χ0) is 13.1. The zero-order valence-corrected chi connectivity index (χ0v) is 10.8. The molecule has 3 unspecified atom stereocenters. The molecule has 0 saturated heterocycles. The van der Waals surface area contributed by atoms with Gasteiger partial charge in [-0.25, -0.2) is 4.39 Å². The van der Waals surface area contributed by atoms with Crippen LogP contribution >= 0.6 is 0 Å². The highest BCUT2D eigenvalue weighted by Gasteiger charge is 2.28. The number of rotatable bonds is 4. The molecular formula is C14H20FNO2. The van der Waals surface area contributed by atoms with E-state index in [9.17, 15) is 9.50 Å². The van der Waals surface area contributed by atoms with Crippen LogP contribution in [0.1, 0.15) is 37.8 Å². The summed E-state index contributed by atoms with van der Waals surface area (Å²) in [5.41, 5.74) is 0.915. The maximum absolute atomic E-state index is 13.3. The first-order chi connectivity index (χ1) is 8.61. The monoisotopic (exact) mass is 253 g/mol. The van der Waals surface area contributed by atoms with Gasteiger partial charge in [0.1, 0.15) is 17.7 Å². The van der Waals surface area contributed by atoms with Crippen LogP contribution in [0.15, 0.2) is 18.2 Å². The van der Waals surface area contributed by atoms with Crippen molar-refractivity contribution in [1.29, 1.82) is 0 Å². The Morgan fingerprint density at radius 2 is 2.22 bits per heavy atom. The fourth-order valence-corrected chi connectivity index (χ4v) is 2.33. The number of hydrogen-bond donors (Lipinski definition) is 2. The smallest absolute Gasteiger partial charge is 0.127 e. The highest BCUT2D eigenvalue weighted by molar-refractivity contribution is 5.36. The minimum absolute atomic E-state index is 0.0825. The normalized spacial score (nSPS) is 25.1. The van der Waals surface area contributed by atoms with E-state index in [0.717, 1.165) is 24.8 Å². The molecule has 3 atom stereocenters. The van der Waals surface area contributed by atoms with E-state index in [-0.39, 0.29) is 18.0 Å². The van der Waals surface area contributed by atoms with Crippen molar-refractivity contribution in [2.24, 2.45) is 0 Å². The summed E-state index contributed by atoms with van der Waals surface area (Å²) in [4.78, 5) is 0. The van der Waals surface area contributed by atoms with E-state index in [1.54, 1.807) is 6.07 Å². The molecular weight excluding hydrogens is 233 g/mol. The van der Waals surface area contributed by atoms with E-state index in [4.69, 9.17) is 4.74 Å². The second-order valence-corrected chi connectivity index (χ2v) is 4.85. The maximum Gasteiger partial charge on any atom is 0.127 e. The summed E-state index contributed by atoms with van der Waals surface area (Å²) >= 11 is 0. The van der Waals surface area contributed by atoms with Gasteiger partial charge in [0, 0.05) is 17.7 Å². The van der Waals surface area contributed by atoms with E-state index >= 15 is 0 Å². The van der Waals surface area contributed by atoms with Crippen molar-refractivity contribution in [2.75, 3.05) is 7.05 Å². The minimum atomic E-state index is -0.439. The van der Waals surface area contributed by atoms with Crippen LogP contribution in [0.2, 0.25) is 0 Å². The van der Waals surface area contributed by atoms with Crippen molar-refractivity contribution >= 4 is 0 Å². The fourth-order valence-electron chi connectivity index (χ4n) is 2.33. The van der Waals surface area contributed by atoms with Gasteiger partial charge in [0.25, 0.3) is 0 Å². The number of nitrogens with one attached hydrogen (secondary N) is 1. The van der Waals surface area contributed by atoms with Crippen LogP contribution in [0.3, 0.4) is 0 Å². The van der Waals surface area contributed by atoms with Crippen LogP contribution in [-0.2, 0) is 0 Å². The molecule has 4 heteroatoms. The van der Waals surface area contributed by atoms with Gasteiger partial charge in [-0.05, 0) is 39.3 Å². The quantitative estimate of drug-likeness (QED) is 0.865. The summed E-state index contributed by atoms with van der Waals surface area (Å²) in [7, 11) is 1.85. The summed E-state index contributed by atoms with van der Waals surface area (Å²) in [6.45, 7) is 1.99. The Labute approximate surface area is 107 Å². The van der Waals surface area contributed by atoms with E-state index in [2.05, 4.69) is 5.32 Å². The highest BCUT2D eigenvalue weighted by Crippen LogP contribution is 2.30. The number of aliphatic hydroxyl groups is 1. The number of ether oxygens (including phenoxy) is 1. The predicted molar refractivity (Wildman–Crippen MR) is 68.1 cm³/mol. The van der Waals surface area contributed by atoms with Crippen LogP contribution in [0.4, 0.5) is 4.39 Å². The van der Waals surface area contributed by atoms with Gasteiger partial charge in [-0.3, -0.25) is 0 Å². The van der Waals surface area contributed by atoms with Crippen molar-refractivity contribution in [3.8, 4) is 5.75 Å². The predicted octanol–water partition coefficient (Wildman–Crippen LogP) is 2.40. The molecule has 1 saturated carbocycles. The van der Waals surface area contributed by atoms with Crippen LogP contribution < -0.4 is 10.1 Å². The van der Waals surface area contributed by atoms with Crippen molar-refractivity contribution in [2.45, 2.75) is 44.4 Å². The number of halogens is 1. The number of benzene rings is 1. The standard InChI is InChI=1S/C14H20FNO2/c1-9(16-2)11-7-6-10(15)8-14(11)18-13-5-3-4-12(13)17/h6-9,12-13,16-17H,3-5H2,1-2H3. The Morgan fingerprint density at radius 3 is 2.83 bits per heavy atom. The molecule has 0 spiro atoms. The molecule has 0 amide bonds. The van der Waals surface area contributed by atoms with Crippen molar-refractivity contribution in [1.82, 2.24) is 5.32 Å². The van der Waals surface area contributed by atoms with Gasteiger partial charge in [0.2, 0.25) is 0 Å². The first-order valence-electron chi connectivity index (χ1n) is 6.43. The molecule has 0 aromatic heterocycles. The maximum atomic E-state index is 13.3. The average Bonchev–Trinajstić information content (AvgIpc) is 2.74. The summed E-state index contributed by atoms with van der Waals surface area (Å²) < 4.78 is 19.1. The molecule has 1 aromatic carbocycles. The third-order valence-corrected chi connectivity index (χ3v) is 3.57. The zero-order valence-electron chi connectivity index (χ0n) is 10.8. The Hall–Kier alpha value is -1.13. The first kappa shape index (κ1) is 13.3. The van der Waals surface area contributed by atoms with Gasteiger partial charge in [0.15, 0.2) is 0 Å². The lowest BCUT2D eigenvalue weighted by molar-refractivity contribution is 0.0593. The Morgan fingerprint density at radius 1 is 1.44 bits per heavy atom. The molecule has 0 radical (unpaired) electrons. The topological polar surface area (TPSA) is 41.5 Å². The van der Waals surface area contributed by atoms with Crippen LogP contribution in [0.25, 0.3) is 0 Å². The molecule has 1 fully saturated rings. The van der Waals surface area contributed by atoms with Crippen LogP contribution in [0, 0.1) is 5.82 Å². The van der Waals surface area contributed by atoms with Gasteiger partial charge in [0.05, 0.1) is 6.10 Å². The average molecular weight is 253 g/mol. The molecule has 1 aliphatic carbocycles. The largest absolute Gasteiger partial charge is 0.487 e. The minimum Gasteiger partial charge on any atom is -0.487 e. The van der Waals surface area contributed by atoms with Crippen LogP contribution in [0.5, 0.6) is 5.75 Å². The molecule has 0 heterocycles. The molecule has 3 nitrogen and oxygen atoms in total. The summed E-state index contributed by atoms with van der Waals surface area (Å²) in [6, 6.07) is 4.64. The van der Waals surface area contributed by atoms with E-state index in [1.807, 2.05) is 14.0 Å². The SMILES string of the molecule is CNC(C)c1ccc(F)cc1OC1CCCC1O. The van der Waals surface area contributed by atoms with Gasteiger partial charge in [-0.2, -0.15) is 0 Å². The molecule has 18 heavy (non-hydrogen) atoms. The van der Waals surface area contributed by atoms with Gasteiger partial charge in [-0.15, -0.1) is 0 Å². The first-order valence-corrected chi connectivity index (χ1v) is 6.43. The van der Waals surface area contributed by atoms with Crippen molar-refractivity contribution < 1.29 is 14.2 Å². The molecule has 2 N–H and O–H groups in total. The van der Waals surface area contributed by atoms with Gasteiger partial charge >= 0.3 is 0 Å². The third kappa shape index (κ3) is 2.82. The Balaban J connectivity index is 2.21.